The van der Waals surface area contributed by atoms with Crippen LogP contribution in [0.1, 0.15) is 33.3 Å². The Morgan fingerprint density at radius 2 is 1.59 bits per heavy atom. The molecule has 2 heteroatoms. The number of halogens is 2. The van der Waals surface area contributed by atoms with Gasteiger partial charge in [0, 0.05) is 9.85 Å². The number of alkyl halides is 1. The Balaban J connectivity index is 2.04. The second-order valence-electron chi connectivity index (χ2n) is 6.27. The summed E-state index contributed by atoms with van der Waals surface area (Å²) in [4.78, 5) is 0.550. The monoisotopic (exact) mass is 314 g/mol. The molecule has 1 saturated carbocycles. The smallest absolute Gasteiger partial charge is 0.0406 e. The molecule has 1 unspecified atom stereocenters. The van der Waals surface area contributed by atoms with Gasteiger partial charge in [0.15, 0.2) is 0 Å². The second kappa shape index (κ2) is 4.28. The van der Waals surface area contributed by atoms with Gasteiger partial charge in [0.05, 0.1) is 0 Å². The molecule has 0 aliphatic heterocycles. The summed E-state index contributed by atoms with van der Waals surface area (Å²) in [6, 6.07) is 8.19. The molecule has 0 heterocycles. The molecule has 0 radical (unpaired) electrons. The lowest BCUT2D eigenvalue weighted by Gasteiger charge is -2.12. The zero-order chi connectivity index (χ0) is 12.8. The quantitative estimate of drug-likeness (QED) is 0.661. The Morgan fingerprint density at radius 3 is 2.00 bits per heavy atom. The minimum absolute atomic E-state index is 0.438. The van der Waals surface area contributed by atoms with E-state index in [9.17, 15) is 0 Å². The van der Waals surface area contributed by atoms with Crippen LogP contribution in [-0.2, 0) is 6.42 Å². The number of benzene rings is 1. The molecule has 1 aromatic rings. The summed E-state index contributed by atoms with van der Waals surface area (Å²) >= 11 is 9.78. The highest BCUT2D eigenvalue weighted by Crippen LogP contribution is 2.71. The van der Waals surface area contributed by atoms with Gasteiger partial charge in [-0.25, -0.2) is 0 Å². The van der Waals surface area contributed by atoms with E-state index in [0.717, 1.165) is 17.4 Å². The van der Waals surface area contributed by atoms with Crippen LogP contribution < -0.4 is 0 Å². The molecule has 1 aliphatic carbocycles. The average Bonchev–Trinajstić information content (AvgIpc) is 2.61. The van der Waals surface area contributed by atoms with Crippen molar-refractivity contribution in [2.75, 3.05) is 0 Å². The van der Waals surface area contributed by atoms with Crippen LogP contribution in [0.25, 0.3) is 0 Å². The molecule has 2 rings (SSSR count). The molecule has 0 nitrogen and oxygen atoms in total. The van der Waals surface area contributed by atoms with Gasteiger partial charge in [-0.15, -0.1) is 0 Å². The van der Waals surface area contributed by atoms with Crippen LogP contribution in [0.15, 0.2) is 24.3 Å². The molecular formula is C15H20BrCl. The fourth-order valence-corrected chi connectivity index (χ4v) is 4.94. The van der Waals surface area contributed by atoms with Gasteiger partial charge < -0.3 is 0 Å². The molecule has 1 fully saturated rings. The largest absolute Gasteiger partial charge is 0.0884 e. The van der Waals surface area contributed by atoms with Crippen LogP contribution >= 0.6 is 27.5 Å². The standard InChI is InChI=1S/C15H20BrCl/c1-14(2)13(15(14,3)4)12(16)9-10-5-7-11(17)8-6-10/h5-8,12-13H,9H2,1-4H3. The summed E-state index contributed by atoms with van der Waals surface area (Å²) in [5.41, 5.74) is 2.23. The Labute approximate surface area is 118 Å². The van der Waals surface area contributed by atoms with Gasteiger partial charge in [0.1, 0.15) is 0 Å². The van der Waals surface area contributed by atoms with E-state index in [2.05, 4.69) is 55.8 Å². The third-order valence-electron chi connectivity index (χ3n) is 4.84. The highest BCUT2D eigenvalue weighted by atomic mass is 79.9. The predicted octanol–water partition coefficient (Wildman–Crippen LogP) is 5.33. The molecule has 0 saturated heterocycles. The van der Waals surface area contributed by atoms with Crippen molar-refractivity contribution >= 4 is 27.5 Å². The van der Waals surface area contributed by atoms with E-state index in [0.29, 0.717) is 15.7 Å². The maximum Gasteiger partial charge on any atom is 0.0406 e. The number of hydrogen-bond donors (Lipinski definition) is 0. The normalized spacial score (nSPS) is 23.4. The summed E-state index contributed by atoms with van der Waals surface area (Å²) in [7, 11) is 0. The van der Waals surface area contributed by atoms with Crippen molar-refractivity contribution in [3.63, 3.8) is 0 Å². The molecule has 1 aromatic carbocycles. The average molecular weight is 316 g/mol. The Kier molecular flexibility index (Phi) is 3.38. The van der Waals surface area contributed by atoms with Gasteiger partial charge in [-0.05, 0) is 40.9 Å². The molecule has 1 atom stereocenters. The number of hydrogen-bond acceptors (Lipinski definition) is 0. The lowest BCUT2D eigenvalue weighted by Crippen LogP contribution is -2.10. The van der Waals surface area contributed by atoms with Crippen molar-refractivity contribution < 1.29 is 0 Å². The van der Waals surface area contributed by atoms with Crippen molar-refractivity contribution in [2.24, 2.45) is 16.7 Å². The fraction of sp³-hybridized carbons (Fsp3) is 0.600. The van der Waals surface area contributed by atoms with E-state index in [1.54, 1.807) is 0 Å². The van der Waals surface area contributed by atoms with Gasteiger partial charge in [-0.2, -0.15) is 0 Å². The third-order valence-corrected chi connectivity index (χ3v) is 5.94. The summed E-state index contributed by atoms with van der Waals surface area (Å²) in [6.45, 7) is 9.48. The topological polar surface area (TPSA) is 0 Å². The first-order valence-corrected chi connectivity index (χ1v) is 7.44. The molecule has 1 aliphatic rings. The zero-order valence-corrected chi connectivity index (χ0v) is 13.3. The van der Waals surface area contributed by atoms with E-state index in [1.807, 2.05) is 12.1 Å². The van der Waals surface area contributed by atoms with Crippen LogP contribution in [0.4, 0.5) is 0 Å². The van der Waals surface area contributed by atoms with Crippen LogP contribution in [0.5, 0.6) is 0 Å². The van der Waals surface area contributed by atoms with Gasteiger partial charge in [0.25, 0.3) is 0 Å². The van der Waals surface area contributed by atoms with Gasteiger partial charge in [-0.1, -0.05) is 67.4 Å². The summed E-state index contributed by atoms with van der Waals surface area (Å²) in [5.74, 6) is 0.741. The Hall–Kier alpha value is -0.0100. The highest BCUT2D eigenvalue weighted by molar-refractivity contribution is 9.09. The lowest BCUT2D eigenvalue weighted by molar-refractivity contribution is 0.457. The SMILES string of the molecule is CC1(C)C(C(Br)Cc2ccc(Cl)cc2)C1(C)C. The van der Waals surface area contributed by atoms with Crippen LogP contribution in [-0.4, -0.2) is 4.83 Å². The summed E-state index contributed by atoms with van der Waals surface area (Å²) in [5, 5.41) is 0.812. The predicted molar refractivity (Wildman–Crippen MR) is 78.9 cm³/mol. The molecule has 0 amide bonds. The van der Waals surface area contributed by atoms with E-state index < -0.39 is 0 Å². The summed E-state index contributed by atoms with van der Waals surface area (Å²) in [6.07, 6.45) is 1.08. The highest BCUT2D eigenvalue weighted by Gasteiger charge is 2.66. The first kappa shape index (κ1) is 13.4. The third kappa shape index (κ3) is 2.29. The minimum Gasteiger partial charge on any atom is -0.0884 e. The molecule has 0 spiro atoms. The summed E-state index contributed by atoms with van der Waals surface area (Å²) < 4.78 is 0. The van der Waals surface area contributed by atoms with Crippen LogP contribution in [0.3, 0.4) is 0 Å². The van der Waals surface area contributed by atoms with E-state index in [4.69, 9.17) is 11.6 Å². The first-order chi connectivity index (χ1) is 7.76. The van der Waals surface area contributed by atoms with Crippen LogP contribution in [0.2, 0.25) is 5.02 Å². The van der Waals surface area contributed by atoms with Crippen molar-refractivity contribution in [1.29, 1.82) is 0 Å². The van der Waals surface area contributed by atoms with E-state index >= 15 is 0 Å². The number of rotatable bonds is 3. The fourth-order valence-electron chi connectivity index (χ4n) is 3.12. The van der Waals surface area contributed by atoms with Gasteiger partial charge in [0.2, 0.25) is 0 Å². The zero-order valence-electron chi connectivity index (χ0n) is 10.9. The van der Waals surface area contributed by atoms with Crippen molar-refractivity contribution in [2.45, 2.75) is 38.9 Å². The van der Waals surface area contributed by atoms with E-state index in [1.165, 1.54) is 5.56 Å². The molecule has 94 valence electrons. The van der Waals surface area contributed by atoms with Gasteiger partial charge >= 0.3 is 0 Å². The minimum atomic E-state index is 0.438. The first-order valence-electron chi connectivity index (χ1n) is 6.15. The van der Waals surface area contributed by atoms with Crippen molar-refractivity contribution in [3.8, 4) is 0 Å². The molecule has 17 heavy (non-hydrogen) atoms. The maximum atomic E-state index is 5.90. The molecule has 0 bridgehead atoms. The molecular weight excluding hydrogens is 296 g/mol. The second-order valence-corrected chi connectivity index (χ2v) is 7.88. The van der Waals surface area contributed by atoms with Crippen molar-refractivity contribution in [3.05, 3.63) is 34.9 Å². The van der Waals surface area contributed by atoms with Crippen molar-refractivity contribution in [1.82, 2.24) is 0 Å². The molecule has 0 N–H and O–H groups in total. The Bertz CT molecular complexity index is 391. The van der Waals surface area contributed by atoms with Gasteiger partial charge in [-0.3, -0.25) is 0 Å². The van der Waals surface area contributed by atoms with E-state index in [-0.39, 0.29) is 0 Å². The Morgan fingerprint density at radius 1 is 1.12 bits per heavy atom. The lowest BCUT2D eigenvalue weighted by atomic mass is 10.0. The van der Waals surface area contributed by atoms with Crippen LogP contribution in [0, 0.1) is 16.7 Å². The molecule has 0 aromatic heterocycles. The maximum absolute atomic E-state index is 5.90.